The molecule has 0 radical (unpaired) electrons. The van der Waals surface area contributed by atoms with Crippen LogP contribution in [0.5, 0.6) is 0 Å². The van der Waals surface area contributed by atoms with Gasteiger partial charge in [0, 0.05) is 33.1 Å². The minimum absolute atomic E-state index is 0.0936. The SMILES string of the molecule is CC(=O)N1CCCN(c2c(F)c(F)nc(F)c2F)CC1. The molecule has 4 nitrogen and oxygen atoms in total. The summed E-state index contributed by atoms with van der Waals surface area (Å²) in [4.78, 5) is 16.5. The molecule has 0 aliphatic carbocycles. The number of nitrogens with zero attached hydrogens (tertiary/aromatic N) is 3. The second kappa shape index (κ2) is 5.64. The molecule has 1 fully saturated rings. The molecule has 8 heteroatoms. The number of amides is 1. The standard InChI is InChI=1S/C12H13F4N3O/c1-7(20)18-3-2-4-19(6-5-18)10-8(13)11(15)17-12(16)9(10)14/h2-6H2,1H3. The zero-order valence-corrected chi connectivity index (χ0v) is 10.8. The third kappa shape index (κ3) is 2.68. The Labute approximate surface area is 113 Å². The summed E-state index contributed by atoms with van der Waals surface area (Å²) in [7, 11) is 0. The zero-order valence-electron chi connectivity index (χ0n) is 10.8. The van der Waals surface area contributed by atoms with Crippen molar-refractivity contribution in [3.63, 3.8) is 0 Å². The average Bonchev–Trinajstić information content (AvgIpc) is 2.63. The van der Waals surface area contributed by atoms with Crippen LogP contribution in [0.3, 0.4) is 0 Å². The summed E-state index contributed by atoms with van der Waals surface area (Å²) in [6, 6.07) is 0. The quantitative estimate of drug-likeness (QED) is 0.583. The first kappa shape index (κ1) is 14.5. The minimum atomic E-state index is -1.67. The van der Waals surface area contributed by atoms with Crippen molar-refractivity contribution in [1.82, 2.24) is 9.88 Å². The van der Waals surface area contributed by atoms with Crippen molar-refractivity contribution in [3.05, 3.63) is 23.5 Å². The number of rotatable bonds is 1. The number of hydrogen-bond acceptors (Lipinski definition) is 3. The Kier molecular flexibility index (Phi) is 4.10. The highest BCUT2D eigenvalue weighted by Crippen LogP contribution is 2.27. The van der Waals surface area contributed by atoms with Crippen LogP contribution in [0, 0.1) is 23.5 Å². The summed E-state index contributed by atoms with van der Waals surface area (Å²) < 4.78 is 53.5. The third-order valence-electron chi connectivity index (χ3n) is 3.23. The minimum Gasteiger partial charge on any atom is -0.365 e. The number of carbonyl (C=O) groups is 1. The summed E-state index contributed by atoms with van der Waals surface area (Å²) in [6.45, 7) is 2.35. The Hall–Kier alpha value is -1.86. The van der Waals surface area contributed by atoms with Crippen molar-refractivity contribution < 1.29 is 22.4 Å². The van der Waals surface area contributed by atoms with E-state index >= 15 is 0 Å². The molecule has 1 aliphatic rings. The average molecular weight is 291 g/mol. The highest BCUT2D eigenvalue weighted by atomic mass is 19.2. The second-order valence-electron chi connectivity index (χ2n) is 4.52. The molecule has 0 bridgehead atoms. The maximum absolute atomic E-state index is 13.6. The van der Waals surface area contributed by atoms with Gasteiger partial charge in [-0.25, -0.2) is 0 Å². The molecule has 110 valence electrons. The van der Waals surface area contributed by atoms with Gasteiger partial charge in [-0.1, -0.05) is 0 Å². The fourth-order valence-electron chi connectivity index (χ4n) is 2.21. The van der Waals surface area contributed by atoms with E-state index in [0.717, 1.165) is 0 Å². The lowest BCUT2D eigenvalue weighted by Gasteiger charge is -2.24. The van der Waals surface area contributed by atoms with Crippen molar-refractivity contribution in [1.29, 1.82) is 0 Å². The molecule has 0 N–H and O–H groups in total. The number of aromatic nitrogens is 1. The van der Waals surface area contributed by atoms with Crippen molar-refractivity contribution >= 4 is 11.6 Å². The Morgan fingerprint density at radius 2 is 1.60 bits per heavy atom. The van der Waals surface area contributed by atoms with Gasteiger partial charge in [0.05, 0.1) is 0 Å². The van der Waals surface area contributed by atoms with Crippen LogP contribution < -0.4 is 4.90 Å². The van der Waals surface area contributed by atoms with Crippen LogP contribution in [0.2, 0.25) is 0 Å². The van der Waals surface area contributed by atoms with Crippen LogP contribution in [0.15, 0.2) is 0 Å². The van der Waals surface area contributed by atoms with Crippen molar-refractivity contribution in [2.75, 3.05) is 31.1 Å². The molecule has 0 spiro atoms. The zero-order chi connectivity index (χ0) is 14.9. The van der Waals surface area contributed by atoms with Crippen molar-refractivity contribution in [2.45, 2.75) is 13.3 Å². The number of hydrogen-bond donors (Lipinski definition) is 0. The van der Waals surface area contributed by atoms with Gasteiger partial charge in [-0.2, -0.15) is 22.5 Å². The van der Waals surface area contributed by atoms with Gasteiger partial charge in [0.2, 0.25) is 17.5 Å². The van der Waals surface area contributed by atoms with E-state index < -0.39 is 29.2 Å². The molecule has 1 aromatic heterocycles. The Morgan fingerprint density at radius 3 is 2.15 bits per heavy atom. The van der Waals surface area contributed by atoms with Crippen LogP contribution in [0.1, 0.15) is 13.3 Å². The largest absolute Gasteiger partial charge is 0.365 e. The Bertz CT molecular complexity index is 512. The Morgan fingerprint density at radius 1 is 1.00 bits per heavy atom. The predicted molar refractivity (Wildman–Crippen MR) is 63.2 cm³/mol. The monoisotopic (exact) mass is 291 g/mol. The first-order chi connectivity index (χ1) is 9.41. The topological polar surface area (TPSA) is 36.4 Å². The lowest BCUT2D eigenvalue weighted by atomic mass is 10.3. The maximum atomic E-state index is 13.6. The molecule has 0 aromatic carbocycles. The number of halogens is 4. The van der Waals surface area contributed by atoms with Crippen LogP contribution in [-0.2, 0) is 4.79 Å². The lowest BCUT2D eigenvalue weighted by Crippen LogP contribution is -2.34. The molecule has 1 saturated heterocycles. The first-order valence-electron chi connectivity index (χ1n) is 6.12. The van der Waals surface area contributed by atoms with Gasteiger partial charge in [-0.05, 0) is 6.42 Å². The van der Waals surface area contributed by atoms with Crippen molar-refractivity contribution in [2.24, 2.45) is 0 Å². The molecule has 20 heavy (non-hydrogen) atoms. The second-order valence-corrected chi connectivity index (χ2v) is 4.52. The summed E-state index contributed by atoms with van der Waals surface area (Å²) in [5, 5.41) is 0. The highest BCUT2D eigenvalue weighted by Gasteiger charge is 2.27. The van der Waals surface area contributed by atoms with Gasteiger partial charge in [0.15, 0.2) is 0 Å². The fraction of sp³-hybridized carbons (Fsp3) is 0.500. The number of pyridine rings is 1. The Balaban J connectivity index is 2.30. The molecule has 0 saturated carbocycles. The molecule has 0 atom stereocenters. The smallest absolute Gasteiger partial charge is 0.253 e. The van der Waals surface area contributed by atoms with E-state index in [1.165, 1.54) is 16.7 Å². The van der Waals surface area contributed by atoms with Crippen LogP contribution in [0.4, 0.5) is 23.2 Å². The molecule has 0 unspecified atom stereocenters. The summed E-state index contributed by atoms with van der Waals surface area (Å²) in [5.41, 5.74) is -0.764. The van der Waals surface area contributed by atoms with Crippen LogP contribution >= 0.6 is 0 Å². The van der Waals surface area contributed by atoms with Gasteiger partial charge in [0.25, 0.3) is 11.9 Å². The summed E-state index contributed by atoms with van der Waals surface area (Å²) in [5.74, 6) is -6.53. The number of carbonyl (C=O) groups excluding carboxylic acids is 1. The molecule has 1 aliphatic heterocycles. The normalized spacial score (nSPS) is 16.2. The van der Waals surface area contributed by atoms with E-state index in [1.807, 2.05) is 0 Å². The predicted octanol–water partition coefficient (Wildman–Crippen LogP) is 1.70. The van der Waals surface area contributed by atoms with E-state index in [1.54, 1.807) is 0 Å². The molecular formula is C12H13F4N3O. The molecule has 2 rings (SSSR count). The molecule has 1 aromatic rings. The van der Waals surface area contributed by atoms with E-state index in [2.05, 4.69) is 4.98 Å². The summed E-state index contributed by atoms with van der Waals surface area (Å²) in [6.07, 6.45) is 0.448. The van der Waals surface area contributed by atoms with Crippen LogP contribution in [0.25, 0.3) is 0 Å². The molecule has 1 amide bonds. The fourth-order valence-corrected chi connectivity index (χ4v) is 2.21. The van der Waals surface area contributed by atoms with Crippen molar-refractivity contribution in [3.8, 4) is 0 Å². The maximum Gasteiger partial charge on any atom is 0.253 e. The van der Waals surface area contributed by atoms with Gasteiger partial charge in [-0.15, -0.1) is 0 Å². The third-order valence-corrected chi connectivity index (χ3v) is 3.23. The van der Waals surface area contributed by atoms with E-state index in [9.17, 15) is 22.4 Å². The number of anilines is 1. The van der Waals surface area contributed by atoms with Gasteiger partial charge < -0.3 is 9.80 Å². The highest BCUT2D eigenvalue weighted by molar-refractivity contribution is 5.73. The first-order valence-corrected chi connectivity index (χ1v) is 6.12. The van der Waals surface area contributed by atoms with Gasteiger partial charge in [-0.3, -0.25) is 4.79 Å². The van der Waals surface area contributed by atoms with E-state index in [0.29, 0.717) is 13.0 Å². The summed E-state index contributed by atoms with van der Waals surface area (Å²) >= 11 is 0. The van der Waals surface area contributed by atoms with Crippen LogP contribution in [-0.4, -0.2) is 42.0 Å². The molecule has 2 heterocycles. The van der Waals surface area contributed by atoms with E-state index in [-0.39, 0.29) is 25.5 Å². The van der Waals surface area contributed by atoms with E-state index in [4.69, 9.17) is 0 Å². The van der Waals surface area contributed by atoms with Gasteiger partial charge in [0.1, 0.15) is 5.69 Å². The molecular weight excluding hydrogens is 278 g/mol. The van der Waals surface area contributed by atoms with Gasteiger partial charge >= 0.3 is 0 Å². The lowest BCUT2D eigenvalue weighted by molar-refractivity contribution is -0.128.